The number of rotatable bonds is 9. The first-order valence-corrected chi connectivity index (χ1v) is 17.4. The van der Waals surface area contributed by atoms with Crippen molar-refractivity contribution in [2.24, 2.45) is 5.92 Å². The van der Waals surface area contributed by atoms with Crippen molar-refractivity contribution < 1.29 is 27.8 Å². The number of hydrogen-bond acceptors (Lipinski definition) is 9. The summed E-state index contributed by atoms with van der Waals surface area (Å²) in [5, 5.41) is 11.9. The zero-order chi connectivity index (χ0) is 31.7. The summed E-state index contributed by atoms with van der Waals surface area (Å²) in [6, 6.07) is 11.5. The molecule has 4 atom stereocenters. The van der Waals surface area contributed by atoms with Gasteiger partial charge in [0.2, 0.25) is 0 Å². The van der Waals surface area contributed by atoms with Gasteiger partial charge >= 0.3 is 0 Å². The van der Waals surface area contributed by atoms with Crippen molar-refractivity contribution in [3.8, 4) is 5.75 Å². The summed E-state index contributed by atoms with van der Waals surface area (Å²) >= 11 is 1.11. The summed E-state index contributed by atoms with van der Waals surface area (Å²) < 4.78 is 41.4. The number of thiophene rings is 1. The molecule has 2 N–H and O–H groups in total. The molecule has 3 aromatic rings. The first-order chi connectivity index (χ1) is 21.1. The third kappa shape index (κ3) is 9.24. The number of nitrogens with one attached hydrogen (secondary N) is 1. The van der Waals surface area contributed by atoms with Crippen molar-refractivity contribution in [1.82, 2.24) is 14.8 Å². The number of nitrogens with zero attached hydrogens (tertiary/aromatic N) is 3. The van der Waals surface area contributed by atoms with Gasteiger partial charge in [0.05, 0.1) is 30.4 Å². The van der Waals surface area contributed by atoms with E-state index in [0.29, 0.717) is 25.4 Å². The van der Waals surface area contributed by atoms with Gasteiger partial charge in [-0.05, 0) is 87.5 Å². The number of carbonyl (C=O) groups excluding carboxylic acids is 1. The van der Waals surface area contributed by atoms with Gasteiger partial charge in [0, 0.05) is 50.2 Å². The van der Waals surface area contributed by atoms with Crippen LogP contribution in [-0.2, 0) is 21.3 Å². The Labute approximate surface area is 265 Å². The van der Waals surface area contributed by atoms with Crippen molar-refractivity contribution >= 4 is 33.0 Å². The second kappa shape index (κ2) is 15.8. The Morgan fingerprint density at radius 2 is 1.95 bits per heavy atom. The summed E-state index contributed by atoms with van der Waals surface area (Å²) in [4.78, 5) is 22.2. The minimum atomic E-state index is -3.82. The molecule has 0 radical (unpaired) electrons. The van der Waals surface area contributed by atoms with Crippen LogP contribution in [0.15, 0.2) is 64.4 Å². The molecule has 1 aliphatic rings. The number of anilines is 1. The molecular weight excluding hydrogens is 601 g/mol. The van der Waals surface area contributed by atoms with E-state index in [1.165, 1.54) is 12.1 Å². The Morgan fingerprint density at radius 3 is 2.66 bits per heavy atom. The quantitative estimate of drug-likeness (QED) is 0.339. The molecule has 10 nitrogen and oxygen atoms in total. The number of benzene rings is 1. The highest BCUT2D eigenvalue weighted by molar-refractivity contribution is 7.94. The molecular formula is C32H44N4O6S2. The van der Waals surface area contributed by atoms with Gasteiger partial charge in [-0.1, -0.05) is 13.0 Å². The fraction of sp³-hybridized carbons (Fsp3) is 0.500. The minimum absolute atomic E-state index is 0.0698. The first kappa shape index (κ1) is 33.9. The van der Waals surface area contributed by atoms with Crippen LogP contribution in [0.25, 0.3) is 0 Å². The van der Waals surface area contributed by atoms with Crippen molar-refractivity contribution in [3.63, 3.8) is 0 Å². The van der Waals surface area contributed by atoms with Gasteiger partial charge in [-0.2, -0.15) is 0 Å². The van der Waals surface area contributed by atoms with Crippen molar-refractivity contribution in [2.45, 2.75) is 69.0 Å². The third-order valence-corrected chi connectivity index (χ3v) is 10.5. The number of aliphatic hydroxyl groups excluding tert-OH is 1. The van der Waals surface area contributed by atoms with Gasteiger partial charge in [-0.25, -0.2) is 8.42 Å². The average Bonchev–Trinajstić information content (AvgIpc) is 3.55. The molecule has 1 aliphatic heterocycles. The van der Waals surface area contributed by atoms with Crippen LogP contribution in [0.2, 0.25) is 0 Å². The highest BCUT2D eigenvalue weighted by atomic mass is 32.2. The fourth-order valence-electron chi connectivity index (χ4n) is 5.24. The largest absolute Gasteiger partial charge is 0.490 e. The van der Waals surface area contributed by atoms with Gasteiger partial charge in [0.15, 0.2) is 0 Å². The first-order valence-electron chi connectivity index (χ1n) is 15.0. The van der Waals surface area contributed by atoms with Crippen LogP contribution < -0.4 is 9.46 Å². The van der Waals surface area contributed by atoms with E-state index < -0.39 is 16.1 Å². The molecule has 4 rings (SSSR count). The summed E-state index contributed by atoms with van der Waals surface area (Å²) in [5.41, 5.74) is 1.64. The van der Waals surface area contributed by atoms with Gasteiger partial charge < -0.3 is 19.5 Å². The summed E-state index contributed by atoms with van der Waals surface area (Å²) in [7, 11) is -1.77. The zero-order valence-corrected chi connectivity index (χ0v) is 27.5. The maximum Gasteiger partial charge on any atom is 0.271 e. The summed E-state index contributed by atoms with van der Waals surface area (Å²) in [6.45, 7) is 7.90. The van der Waals surface area contributed by atoms with Crippen LogP contribution in [-0.4, -0.2) is 85.8 Å². The topological polar surface area (TPSA) is 121 Å². The van der Waals surface area contributed by atoms with E-state index in [1.54, 1.807) is 47.8 Å². The molecule has 0 aliphatic carbocycles. The van der Waals surface area contributed by atoms with Gasteiger partial charge in [0.1, 0.15) is 9.96 Å². The number of sulfonamides is 1. The van der Waals surface area contributed by atoms with E-state index >= 15 is 0 Å². The normalized spacial score (nSPS) is 21.3. The molecule has 1 aromatic carbocycles. The molecule has 0 bridgehead atoms. The molecule has 0 unspecified atom stereocenters. The van der Waals surface area contributed by atoms with Crippen LogP contribution in [0.3, 0.4) is 0 Å². The summed E-state index contributed by atoms with van der Waals surface area (Å²) in [6.07, 6.45) is 5.76. The van der Waals surface area contributed by atoms with E-state index in [0.717, 1.165) is 42.7 Å². The molecule has 3 heterocycles. The zero-order valence-electron chi connectivity index (χ0n) is 25.9. The smallest absolute Gasteiger partial charge is 0.271 e. The Morgan fingerprint density at radius 1 is 1.18 bits per heavy atom. The minimum Gasteiger partial charge on any atom is -0.490 e. The van der Waals surface area contributed by atoms with E-state index in [-0.39, 0.29) is 46.1 Å². The molecule has 0 saturated heterocycles. The lowest BCUT2D eigenvalue weighted by molar-refractivity contribution is -0.0177. The predicted octanol–water partition coefficient (Wildman–Crippen LogP) is 4.87. The predicted molar refractivity (Wildman–Crippen MR) is 173 cm³/mol. The lowest BCUT2D eigenvalue weighted by atomic mass is 10.0. The van der Waals surface area contributed by atoms with E-state index in [9.17, 15) is 18.3 Å². The monoisotopic (exact) mass is 644 g/mol. The maximum absolute atomic E-state index is 14.3. The van der Waals surface area contributed by atoms with Crippen LogP contribution in [0.4, 0.5) is 5.69 Å². The van der Waals surface area contributed by atoms with Crippen LogP contribution in [0.1, 0.15) is 56.0 Å². The molecule has 0 spiro atoms. The molecule has 12 heteroatoms. The average molecular weight is 645 g/mol. The number of fused-ring (bicyclic) bond motifs is 1. The summed E-state index contributed by atoms with van der Waals surface area (Å²) in [5.74, 6) is -0.0374. The van der Waals surface area contributed by atoms with Crippen molar-refractivity contribution in [2.75, 3.05) is 38.1 Å². The van der Waals surface area contributed by atoms with Gasteiger partial charge in [-0.15, -0.1) is 11.3 Å². The second-order valence-corrected chi connectivity index (χ2v) is 14.5. The number of ether oxygens (including phenoxy) is 2. The van der Waals surface area contributed by atoms with Crippen LogP contribution >= 0.6 is 11.3 Å². The van der Waals surface area contributed by atoms with Gasteiger partial charge in [0.25, 0.3) is 15.9 Å². The highest BCUT2D eigenvalue weighted by Gasteiger charge is 2.30. The Hall–Kier alpha value is -3.03. The number of aliphatic hydroxyl groups is 1. The Balaban J connectivity index is 1.63. The van der Waals surface area contributed by atoms with Gasteiger partial charge in [-0.3, -0.25) is 19.4 Å². The number of aromatic nitrogens is 1. The van der Waals surface area contributed by atoms with Crippen LogP contribution in [0, 0.1) is 5.92 Å². The number of amides is 1. The SMILES string of the molecule is C[C@@H]1CN([C@H](C)CO)C(=O)c2cc(NS(=O)(=O)c3cccs3)ccc2O[C@@H](C)CCCCO[C@H]1CN(C)Cc1ccncc1. The molecule has 240 valence electrons. The lowest BCUT2D eigenvalue weighted by Gasteiger charge is -2.36. The Kier molecular flexibility index (Phi) is 12.2. The standard InChI is InChI=1S/C32H44N4O6S2/c1-23-19-36(24(2)22-37)32(38)28-18-27(34-44(39,40)31-9-7-17-43-31)10-11-29(28)42-25(3)8-5-6-16-41-30(23)21-35(4)20-26-12-14-33-15-13-26/h7,9-15,17-18,23-25,30,34,37H,5-6,8,16,19-22H2,1-4H3/t23-,24-,25+,30+/m1/s1. The van der Waals surface area contributed by atoms with Crippen LogP contribution in [0.5, 0.6) is 5.75 Å². The van der Waals surface area contributed by atoms with E-state index in [4.69, 9.17) is 9.47 Å². The molecule has 0 saturated carbocycles. The lowest BCUT2D eigenvalue weighted by Crippen LogP contribution is -2.47. The van der Waals surface area contributed by atoms with E-state index in [1.807, 2.05) is 19.1 Å². The van der Waals surface area contributed by atoms with Crippen molar-refractivity contribution in [3.05, 3.63) is 71.4 Å². The van der Waals surface area contributed by atoms with Crippen molar-refractivity contribution in [1.29, 1.82) is 0 Å². The molecule has 2 aromatic heterocycles. The Bertz CT molecular complexity index is 1440. The number of likely N-dealkylation sites (N-methyl/N-ethyl adjacent to an activating group) is 1. The van der Waals surface area contributed by atoms with E-state index in [2.05, 4.69) is 28.6 Å². The molecule has 44 heavy (non-hydrogen) atoms. The molecule has 0 fully saturated rings. The number of carbonyl (C=O) groups is 1. The third-order valence-electron chi connectivity index (χ3n) is 7.76. The highest BCUT2D eigenvalue weighted by Crippen LogP contribution is 2.30. The number of pyridine rings is 1. The molecule has 1 amide bonds. The maximum atomic E-state index is 14.3. The second-order valence-electron chi connectivity index (χ2n) is 11.6. The fourth-order valence-corrected chi connectivity index (χ4v) is 7.28. The number of hydrogen-bond donors (Lipinski definition) is 2.